The highest BCUT2D eigenvalue weighted by Gasteiger charge is 2.82. The van der Waals surface area contributed by atoms with Gasteiger partial charge in [0, 0.05) is 35.5 Å². The number of ether oxygens (including phenoxy) is 2. The average molecular weight is 428 g/mol. The molecule has 2 N–H and O–H groups in total. The average Bonchev–Trinajstić information content (AvgIpc) is 3.08. The molecule has 4 fully saturated rings. The second-order valence-corrected chi connectivity index (χ2v) is 12.3. The molecule has 1 aromatic rings. The number of aromatic hydroxyl groups is 1. The van der Waals surface area contributed by atoms with Gasteiger partial charge in [0.05, 0.1) is 5.60 Å². The molecule has 1 saturated heterocycles. The van der Waals surface area contributed by atoms with Gasteiger partial charge < -0.3 is 24.6 Å². The summed E-state index contributed by atoms with van der Waals surface area (Å²) in [5.74, 6) is 0.901. The van der Waals surface area contributed by atoms with Gasteiger partial charge in [-0.05, 0) is 69.7 Å². The van der Waals surface area contributed by atoms with Crippen LogP contribution in [0.25, 0.3) is 0 Å². The van der Waals surface area contributed by atoms with Gasteiger partial charge >= 0.3 is 0 Å². The number of hydrogen-bond acceptors (Lipinski definition) is 5. The van der Waals surface area contributed by atoms with Crippen LogP contribution in [0.2, 0.25) is 0 Å². The van der Waals surface area contributed by atoms with E-state index in [2.05, 4.69) is 38.8 Å². The summed E-state index contributed by atoms with van der Waals surface area (Å²) in [6.07, 6.45) is 4.74. The smallest absolute Gasteiger partial charge is 0.165 e. The maximum atomic E-state index is 12.0. The maximum absolute atomic E-state index is 12.0. The summed E-state index contributed by atoms with van der Waals surface area (Å²) in [5.41, 5.74) is 0.692. The highest BCUT2D eigenvalue weighted by molar-refractivity contribution is 5.63. The summed E-state index contributed by atoms with van der Waals surface area (Å²) in [5, 5.41) is 22.9. The highest BCUT2D eigenvalue weighted by Crippen LogP contribution is 2.77. The molecule has 3 saturated carbocycles. The van der Waals surface area contributed by atoms with Crippen LogP contribution in [0, 0.1) is 16.7 Å². The van der Waals surface area contributed by atoms with Crippen molar-refractivity contribution in [2.24, 2.45) is 16.7 Å². The normalized spacial score (nSPS) is 44.5. The van der Waals surface area contributed by atoms with Crippen molar-refractivity contribution < 1.29 is 19.7 Å². The number of aliphatic hydroxyl groups is 1. The number of methoxy groups -OCH3 is 1. The lowest BCUT2D eigenvalue weighted by Crippen LogP contribution is -2.83. The van der Waals surface area contributed by atoms with Crippen LogP contribution in [0.15, 0.2) is 12.1 Å². The first-order valence-electron chi connectivity index (χ1n) is 12.0. The van der Waals surface area contributed by atoms with Gasteiger partial charge in [0.25, 0.3) is 0 Å². The molecule has 5 nitrogen and oxygen atoms in total. The van der Waals surface area contributed by atoms with Crippen LogP contribution in [-0.4, -0.2) is 59.2 Å². The first-order valence-corrected chi connectivity index (χ1v) is 12.0. The van der Waals surface area contributed by atoms with Crippen LogP contribution in [0.5, 0.6) is 11.5 Å². The second-order valence-electron chi connectivity index (χ2n) is 12.3. The van der Waals surface area contributed by atoms with Gasteiger partial charge in [-0.2, -0.15) is 0 Å². The van der Waals surface area contributed by atoms with Gasteiger partial charge in [-0.1, -0.05) is 26.8 Å². The van der Waals surface area contributed by atoms with Gasteiger partial charge in [-0.25, -0.2) is 0 Å². The Bertz CT molecular complexity index is 967. The van der Waals surface area contributed by atoms with Crippen molar-refractivity contribution in [1.29, 1.82) is 0 Å². The summed E-state index contributed by atoms with van der Waals surface area (Å²) < 4.78 is 13.3. The van der Waals surface area contributed by atoms with Crippen molar-refractivity contribution in [2.45, 2.75) is 88.6 Å². The van der Waals surface area contributed by atoms with Crippen molar-refractivity contribution in [3.05, 3.63) is 23.3 Å². The Kier molecular flexibility index (Phi) is 3.67. The number of phenols is 1. The van der Waals surface area contributed by atoms with Gasteiger partial charge in [0.15, 0.2) is 11.5 Å². The third-order valence-corrected chi connectivity index (χ3v) is 10.8. The molecule has 1 aromatic carbocycles. The SMILES string of the molecule is CO[C@@]12CC[C@]3(C[C@@H]1[C@@](C)(O)C(C)(C)C)[C@H]1Cc4ccc(O)c5c4[C@@]3(CCN1C)[C@H]2O5. The summed E-state index contributed by atoms with van der Waals surface area (Å²) in [6.45, 7) is 9.44. The zero-order chi connectivity index (χ0) is 22.2. The quantitative estimate of drug-likeness (QED) is 0.755. The van der Waals surface area contributed by atoms with E-state index >= 15 is 0 Å². The van der Waals surface area contributed by atoms with Crippen LogP contribution >= 0.6 is 0 Å². The number of phenolic OH excluding ortho intramolecular Hbond substituents is 1. The minimum atomic E-state index is -0.911. The summed E-state index contributed by atoms with van der Waals surface area (Å²) in [7, 11) is 4.08. The summed E-state index contributed by atoms with van der Waals surface area (Å²) in [6, 6.07) is 4.34. The molecule has 170 valence electrons. The van der Waals surface area contributed by atoms with Crippen molar-refractivity contribution in [2.75, 3.05) is 20.7 Å². The Morgan fingerprint density at radius 1 is 1.16 bits per heavy atom. The molecule has 7 atom stereocenters. The molecule has 0 amide bonds. The molecule has 0 radical (unpaired) electrons. The minimum Gasteiger partial charge on any atom is -0.504 e. The van der Waals surface area contributed by atoms with Crippen LogP contribution in [0.3, 0.4) is 0 Å². The Balaban J connectivity index is 1.66. The largest absolute Gasteiger partial charge is 0.504 e. The van der Waals surface area contributed by atoms with E-state index in [9.17, 15) is 10.2 Å². The predicted molar refractivity (Wildman–Crippen MR) is 119 cm³/mol. The number of likely N-dealkylation sites (N-methyl/N-ethyl adjacent to an activating group) is 1. The van der Waals surface area contributed by atoms with E-state index < -0.39 is 11.2 Å². The number of nitrogens with zero attached hydrogens (tertiary/aromatic N) is 1. The van der Waals surface area contributed by atoms with E-state index in [-0.39, 0.29) is 34.0 Å². The Labute approximate surface area is 185 Å². The Hall–Kier alpha value is -1.30. The molecule has 5 heteroatoms. The van der Waals surface area contributed by atoms with Gasteiger partial charge in [0.1, 0.15) is 11.7 Å². The fourth-order valence-electron chi connectivity index (χ4n) is 8.86. The monoisotopic (exact) mass is 427 g/mol. The molecule has 4 bridgehead atoms. The van der Waals surface area contributed by atoms with E-state index in [1.54, 1.807) is 6.07 Å². The molecule has 0 unspecified atom stereocenters. The van der Waals surface area contributed by atoms with E-state index in [1.807, 2.05) is 14.0 Å². The van der Waals surface area contributed by atoms with Crippen LogP contribution in [0.4, 0.5) is 0 Å². The Morgan fingerprint density at radius 3 is 2.58 bits per heavy atom. The number of likely N-dealkylation sites (tertiary alicyclic amines) is 1. The van der Waals surface area contributed by atoms with Gasteiger partial charge in [0.2, 0.25) is 0 Å². The molecule has 2 spiro atoms. The minimum absolute atomic E-state index is 0.0247. The molecule has 31 heavy (non-hydrogen) atoms. The number of rotatable bonds is 2. The third kappa shape index (κ3) is 1.94. The highest BCUT2D eigenvalue weighted by atomic mass is 16.6. The fraction of sp³-hybridized carbons (Fsp3) is 0.769. The van der Waals surface area contributed by atoms with E-state index in [4.69, 9.17) is 9.47 Å². The topological polar surface area (TPSA) is 62.2 Å². The number of hydrogen-bond donors (Lipinski definition) is 2. The molecule has 7 rings (SSSR count). The Morgan fingerprint density at radius 2 is 1.90 bits per heavy atom. The van der Waals surface area contributed by atoms with Gasteiger partial charge in [-0.15, -0.1) is 0 Å². The lowest BCUT2D eigenvalue weighted by atomic mass is 9.33. The van der Waals surface area contributed by atoms with E-state index in [0.717, 1.165) is 38.6 Å². The van der Waals surface area contributed by atoms with Crippen molar-refractivity contribution in [3.63, 3.8) is 0 Å². The van der Waals surface area contributed by atoms with E-state index in [1.165, 1.54) is 11.1 Å². The first kappa shape index (κ1) is 20.3. The number of piperidine rings is 1. The van der Waals surface area contributed by atoms with E-state index in [0.29, 0.717) is 11.8 Å². The van der Waals surface area contributed by atoms with Crippen LogP contribution in [0.1, 0.15) is 64.5 Å². The molecular weight excluding hydrogens is 390 g/mol. The molecule has 2 heterocycles. The lowest BCUT2D eigenvalue weighted by molar-refractivity contribution is -0.311. The predicted octanol–water partition coefficient (Wildman–Crippen LogP) is 3.63. The number of benzene rings is 1. The third-order valence-electron chi connectivity index (χ3n) is 10.8. The summed E-state index contributed by atoms with van der Waals surface area (Å²) >= 11 is 0. The maximum Gasteiger partial charge on any atom is 0.165 e. The lowest BCUT2D eigenvalue weighted by Gasteiger charge is -2.75. The van der Waals surface area contributed by atoms with Gasteiger partial charge in [-0.3, -0.25) is 0 Å². The first-order chi connectivity index (χ1) is 14.5. The van der Waals surface area contributed by atoms with Crippen molar-refractivity contribution in [3.8, 4) is 11.5 Å². The fourth-order valence-corrected chi connectivity index (χ4v) is 8.86. The molecule has 0 aromatic heterocycles. The van der Waals surface area contributed by atoms with Crippen LogP contribution < -0.4 is 4.74 Å². The second kappa shape index (κ2) is 5.60. The molecular formula is C26H37NO4. The zero-order valence-corrected chi connectivity index (χ0v) is 19.8. The van der Waals surface area contributed by atoms with Crippen LogP contribution in [-0.2, 0) is 16.6 Å². The summed E-state index contributed by atoms with van der Waals surface area (Å²) in [4.78, 5) is 2.56. The van der Waals surface area contributed by atoms with Crippen molar-refractivity contribution >= 4 is 0 Å². The molecule has 2 aliphatic heterocycles. The standard InChI is InChI=1S/C26H37NO4/c1-22(2,3)23(4,29)17-14-24-9-10-26(17,30-6)21-25(24)11-12-27(5)18(24)13-15-7-8-16(28)20(31-21)19(15)25/h7-8,17-18,21,28-29H,9-14H2,1-6H3/t17-,18-,21-,23-,24+,25+,26+/m1/s1. The molecule has 4 aliphatic carbocycles. The number of fused-ring (bicyclic) bond motifs is 2. The zero-order valence-electron chi connectivity index (χ0n) is 19.8. The molecule has 6 aliphatic rings. The van der Waals surface area contributed by atoms with Crippen molar-refractivity contribution in [1.82, 2.24) is 4.90 Å².